The zero-order chi connectivity index (χ0) is 8.77. The van der Waals surface area contributed by atoms with Crippen molar-refractivity contribution in [1.29, 1.82) is 0 Å². The number of rotatable bonds is 0. The third kappa shape index (κ3) is 1.25. The first-order chi connectivity index (χ1) is 5.58. The summed E-state index contributed by atoms with van der Waals surface area (Å²) in [6.45, 7) is 4.03. The molecule has 0 saturated carbocycles. The smallest absolute Gasteiger partial charge is 0.157 e. The third-order valence-electron chi connectivity index (χ3n) is 1.76. The summed E-state index contributed by atoms with van der Waals surface area (Å²) in [7, 11) is 0. The Morgan fingerprint density at radius 3 is 3.00 bits per heavy atom. The van der Waals surface area contributed by atoms with Crippen molar-refractivity contribution in [2.45, 2.75) is 19.4 Å². The Morgan fingerprint density at radius 2 is 2.25 bits per heavy atom. The number of hydrogen-bond acceptors (Lipinski definition) is 2. The van der Waals surface area contributed by atoms with Gasteiger partial charge in [-0.15, -0.1) is 11.3 Å². The minimum atomic E-state index is -0.224. The normalized spacial score (nSPS) is 18.6. The standard InChI is InChI=1S/C9H9ClOS/c1-9(2)4-3-6-5-12-8(10)7(6)11-9/h3-5H,1-2H3. The highest BCUT2D eigenvalue weighted by Gasteiger charge is 2.24. The molecule has 0 radical (unpaired) electrons. The quantitative estimate of drug-likeness (QED) is 0.622. The van der Waals surface area contributed by atoms with Gasteiger partial charge in [-0.05, 0) is 19.9 Å². The fourth-order valence-electron chi connectivity index (χ4n) is 1.14. The van der Waals surface area contributed by atoms with Gasteiger partial charge >= 0.3 is 0 Å². The van der Waals surface area contributed by atoms with Gasteiger partial charge in [-0.3, -0.25) is 0 Å². The molecule has 0 aromatic carbocycles. The van der Waals surface area contributed by atoms with Gasteiger partial charge in [0.05, 0.1) is 0 Å². The van der Waals surface area contributed by atoms with Crippen molar-refractivity contribution in [3.05, 3.63) is 21.4 Å². The molecule has 0 amide bonds. The molecule has 1 aliphatic heterocycles. The van der Waals surface area contributed by atoms with Crippen molar-refractivity contribution >= 4 is 29.0 Å². The van der Waals surface area contributed by atoms with Crippen LogP contribution in [0.5, 0.6) is 5.75 Å². The van der Waals surface area contributed by atoms with Gasteiger partial charge in [0.25, 0.3) is 0 Å². The molecular formula is C9H9ClOS. The lowest BCUT2D eigenvalue weighted by atomic mass is 10.1. The van der Waals surface area contributed by atoms with Crippen LogP contribution in [0.1, 0.15) is 19.4 Å². The molecule has 0 bridgehead atoms. The van der Waals surface area contributed by atoms with Crippen LogP contribution in [0.15, 0.2) is 11.5 Å². The summed E-state index contributed by atoms with van der Waals surface area (Å²) in [5.41, 5.74) is 0.863. The van der Waals surface area contributed by atoms with Crippen LogP contribution in [0.25, 0.3) is 6.08 Å². The SMILES string of the molecule is CC1(C)C=Cc2csc(Cl)c2O1. The van der Waals surface area contributed by atoms with E-state index in [1.54, 1.807) is 0 Å². The summed E-state index contributed by atoms with van der Waals surface area (Å²) in [6.07, 6.45) is 4.10. The van der Waals surface area contributed by atoms with Gasteiger partial charge in [0, 0.05) is 10.9 Å². The van der Waals surface area contributed by atoms with Crippen molar-refractivity contribution in [1.82, 2.24) is 0 Å². The van der Waals surface area contributed by atoms with Crippen molar-refractivity contribution in [3.63, 3.8) is 0 Å². The van der Waals surface area contributed by atoms with Gasteiger partial charge in [-0.2, -0.15) is 0 Å². The first-order valence-electron chi connectivity index (χ1n) is 3.74. The van der Waals surface area contributed by atoms with Gasteiger partial charge in [0.15, 0.2) is 5.75 Å². The molecule has 2 rings (SSSR count). The van der Waals surface area contributed by atoms with Gasteiger partial charge in [-0.25, -0.2) is 0 Å². The molecule has 0 fully saturated rings. The van der Waals surface area contributed by atoms with Crippen LogP contribution < -0.4 is 4.74 Å². The van der Waals surface area contributed by atoms with E-state index in [-0.39, 0.29) is 5.60 Å². The zero-order valence-electron chi connectivity index (χ0n) is 6.93. The molecule has 0 spiro atoms. The Balaban J connectivity index is 2.49. The molecule has 0 atom stereocenters. The minimum absolute atomic E-state index is 0.224. The van der Waals surface area contributed by atoms with Crippen molar-refractivity contribution in [3.8, 4) is 5.75 Å². The van der Waals surface area contributed by atoms with E-state index in [2.05, 4.69) is 6.08 Å². The van der Waals surface area contributed by atoms with Crippen molar-refractivity contribution in [2.24, 2.45) is 0 Å². The molecule has 0 saturated heterocycles. The lowest BCUT2D eigenvalue weighted by molar-refractivity contribution is 0.160. The number of fused-ring (bicyclic) bond motifs is 1. The lowest BCUT2D eigenvalue weighted by Gasteiger charge is -2.26. The van der Waals surface area contributed by atoms with Crippen molar-refractivity contribution < 1.29 is 4.74 Å². The summed E-state index contributed by atoms with van der Waals surface area (Å²) >= 11 is 7.45. The maximum absolute atomic E-state index is 5.94. The first kappa shape index (κ1) is 8.14. The summed E-state index contributed by atoms with van der Waals surface area (Å²) in [5, 5.41) is 2.00. The average Bonchev–Trinajstić information content (AvgIpc) is 2.31. The van der Waals surface area contributed by atoms with Crippen LogP contribution in [-0.2, 0) is 0 Å². The number of thiophene rings is 1. The van der Waals surface area contributed by atoms with E-state index in [0.29, 0.717) is 0 Å². The molecule has 0 aliphatic carbocycles. The van der Waals surface area contributed by atoms with Gasteiger partial charge in [0.2, 0.25) is 0 Å². The summed E-state index contributed by atoms with van der Waals surface area (Å²) in [6, 6.07) is 0. The molecule has 64 valence electrons. The fraction of sp³-hybridized carbons (Fsp3) is 0.333. The predicted molar refractivity (Wildman–Crippen MR) is 53.1 cm³/mol. The second-order valence-electron chi connectivity index (χ2n) is 3.33. The van der Waals surface area contributed by atoms with Crippen LogP contribution in [-0.4, -0.2) is 5.60 Å². The van der Waals surface area contributed by atoms with Crippen LogP contribution in [0.2, 0.25) is 4.34 Å². The van der Waals surface area contributed by atoms with Crippen molar-refractivity contribution in [2.75, 3.05) is 0 Å². The van der Waals surface area contributed by atoms with E-state index in [1.165, 1.54) is 11.3 Å². The molecule has 0 unspecified atom stereocenters. The highest BCUT2D eigenvalue weighted by Crippen LogP contribution is 2.41. The lowest BCUT2D eigenvalue weighted by Crippen LogP contribution is -2.27. The van der Waals surface area contributed by atoms with E-state index >= 15 is 0 Å². The summed E-state index contributed by atoms with van der Waals surface area (Å²) in [4.78, 5) is 0. The molecular weight excluding hydrogens is 192 g/mol. The van der Waals surface area contributed by atoms with Crippen LogP contribution in [0.4, 0.5) is 0 Å². The Hall–Kier alpha value is -0.470. The van der Waals surface area contributed by atoms with Crippen LogP contribution >= 0.6 is 22.9 Å². The Labute approximate surface area is 80.6 Å². The van der Waals surface area contributed by atoms with E-state index in [0.717, 1.165) is 15.6 Å². The average molecular weight is 201 g/mol. The summed E-state index contributed by atoms with van der Waals surface area (Å²) < 4.78 is 6.42. The Kier molecular flexibility index (Phi) is 1.70. The largest absolute Gasteiger partial charge is 0.481 e. The fourth-order valence-corrected chi connectivity index (χ4v) is 2.10. The van der Waals surface area contributed by atoms with Gasteiger partial charge in [-0.1, -0.05) is 17.7 Å². The molecule has 1 aliphatic rings. The predicted octanol–water partition coefficient (Wildman–Crippen LogP) is 3.59. The second-order valence-corrected chi connectivity index (χ2v) is 4.81. The first-order valence-corrected chi connectivity index (χ1v) is 4.99. The Morgan fingerprint density at radius 1 is 1.50 bits per heavy atom. The molecule has 1 aromatic heterocycles. The van der Waals surface area contributed by atoms with E-state index in [4.69, 9.17) is 16.3 Å². The third-order valence-corrected chi connectivity index (χ3v) is 2.96. The second kappa shape index (κ2) is 2.51. The maximum Gasteiger partial charge on any atom is 0.157 e. The monoisotopic (exact) mass is 200 g/mol. The van der Waals surface area contributed by atoms with Gasteiger partial charge in [0.1, 0.15) is 9.94 Å². The van der Waals surface area contributed by atoms with Crippen LogP contribution in [0.3, 0.4) is 0 Å². The molecule has 12 heavy (non-hydrogen) atoms. The molecule has 3 heteroatoms. The topological polar surface area (TPSA) is 9.23 Å². The highest BCUT2D eigenvalue weighted by molar-refractivity contribution is 7.15. The zero-order valence-corrected chi connectivity index (χ0v) is 8.50. The molecule has 1 nitrogen and oxygen atoms in total. The summed E-state index contributed by atoms with van der Waals surface area (Å²) in [5.74, 6) is 0.828. The van der Waals surface area contributed by atoms with E-state index < -0.39 is 0 Å². The number of halogens is 1. The molecule has 0 N–H and O–H groups in total. The maximum atomic E-state index is 5.94. The number of ether oxygens (including phenoxy) is 1. The Bertz CT molecular complexity index is 338. The van der Waals surface area contributed by atoms with Gasteiger partial charge < -0.3 is 4.74 Å². The highest BCUT2D eigenvalue weighted by atomic mass is 35.5. The van der Waals surface area contributed by atoms with E-state index in [9.17, 15) is 0 Å². The van der Waals surface area contributed by atoms with Crippen LogP contribution in [0, 0.1) is 0 Å². The van der Waals surface area contributed by atoms with E-state index in [1.807, 2.05) is 25.3 Å². The molecule has 2 heterocycles. The molecule has 1 aromatic rings. The number of hydrogen-bond donors (Lipinski definition) is 0. The minimum Gasteiger partial charge on any atom is -0.481 e.